The number of allylic oxidation sites excluding steroid dienone is 2. The van der Waals surface area contributed by atoms with E-state index in [1.54, 1.807) is 0 Å². The van der Waals surface area contributed by atoms with Crippen molar-refractivity contribution >= 4 is 11.6 Å². The van der Waals surface area contributed by atoms with Gasteiger partial charge in [-0.1, -0.05) is 25.5 Å². The van der Waals surface area contributed by atoms with Crippen LogP contribution in [-0.2, 0) is 9.59 Å². The Morgan fingerprint density at radius 3 is 2.72 bits per heavy atom. The molecule has 0 heterocycles. The Morgan fingerprint density at radius 2 is 2.00 bits per heavy atom. The maximum atomic E-state index is 12.3. The highest BCUT2D eigenvalue weighted by molar-refractivity contribution is 5.89. The molecule has 0 aromatic heterocycles. The van der Waals surface area contributed by atoms with Crippen LogP contribution >= 0.6 is 0 Å². The van der Waals surface area contributed by atoms with Gasteiger partial charge >= 0.3 is 0 Å². The van der Waals surface area contributed by atoms with Crippen molar-refractivity contribution in [2.75, 3.05) is 6.61 Å². The third kappa shape index (κ3) is 2.13. The van der Waals surface area contributed by atoms with E-state index in [1.165, 1.54) is 5.57 Å². The lowest BCUT2D eigenvalue weighted by atomic mass is 9.48. The highest BCUT2D eigenvalue weighted by Gasteiger charge is 2.64. The number of carbonyl (C=O) groups excluding carboxylic acids is 2. The number of hydrogen-bond acceptors (Lipinski definition) is 4. The zero-order valence-electron chi connectivity index (χ0n) is 15.4. The fourth-order valence-electron chi connectivity index (χ4n) is 6.92. The molecular formula is C21H30O4. The van der Waals surface area contributed by atoms with Gasteiger partial charge in [-0.25, -0.2) is 0 Å². The molecule has 0 amide bonds. The Bertz CT molecular complexity index is 652. The molecule has 3 saturated carbocycles. The van der Waals surface area contributed by atoms with Crippen LogP contribution in [0.15, 0.2) is 11.6 Å². The number of ketones is 2. The van der Waals surface area contributed by atoms with E-state index in [0.717, 1.165) is 32.1 Å². The molecule has 6 atom stereocenters. The maximum Gasteiger partial charge on any atom is 0.190 e. The summed E-state index contributed by atoms with van der Waals surface area (Å²) >= 11 is 0. The van der Waals surface area contributed by atoms with Gasteiger partial charge in [0.25, 0.3) is 0 Å². The van der Waals surface area contributed by atoms with Gasteiger partial charge in [0.2, 0.25) is 0 Å². The predicted molar refractivity (Wildman–Crippen MR) is 93.8 cm³/mol. The molecule has 2 N–H and O–H groups in total. The van der Waals surface area contributed by atoms with Gasteiger partial charge in [0.1, 0.15) is 18.0 Å². The minimum atomic E-state index is -1.39. The topological polar surface area (TPSA) is 74.6 Å². The number of aliphatic hydroxyl groups is 2. The predicted octanol–water partition coefficient (Wildman–Crippen LogP) is 2.81. The van der Waals surface area contributed by atoms with E-state index in [0.29, 0.717) is 42.8 Å². The van der Waals surface area contributed by atoms with Crippen molar-refractivity contribution in [3.8, 4) is 0 Å². The van der Waals surface area contributed by atoms with Crippen LogP contribution in [0.4, 0.5) is 0 Å². The molecule has 0 aliphatic heterocycles. The second-order valence-electron chi connectivity index (χ2n) is 9.41. The molecule has 3 fully saturated rings. The molecule has 25 heavy (non-hydrogen) atoms. The quantitative estimate of drug-likeness (QED) is 0.754. The molecule has 4 aliphatic carbocycles. The van der Waals surface area contributed by atoms with Crippen molar-refractivity contribution in [1.82, 2.24) is 0 Å². The lowest BCUT2D eigenvalue weighted by Crippen LogP contribution is -2.56. The number of aliphatic hydroxyl groups excluding tert-OH is 1. The summed E-state index contributed by atoms with van der Waals surface area (Å²) < 4.78 is 0. The Morgan fingerprint density at radius 1 is 1.24 bits per heavy atom. The number of Topliss-reactive ketones (excluding diaryl/α,β-unsaturated/α-hetero) is 2. The molecule has 0 bridgehead atoms. The molecule has 0 saturated heterocycles. The Kier molecular flexibility index (Phi) is 3.83. The number of fused-ring (bicyclic) bond motifs is 5. The summed E-state index contributed by atoms with van der Waals surface area (Å²) in [4.78, 5) is 24.3. The van der Waals surface area contributed by atoms with Gasteiger partial charge < -0.3 is 10.2 Å². The summed E-state index contributed by atoms with van der Waals surface area (Å²) in [5, 5.41) is 20.5. The number of carbonyl (C=O) groups is 2. The van der Waals surface area contributed by atoms with E-state index in [1.807, 2.05) is 6.92 Å². The Balaban J connectivity index is 1.71. The van der Waals surface area contributed by atoms with Crippen molar-refractivity contribution in [1.29, 1.82) is 0 Å². The molecule has 3 unspecified atom stereocenters. The summed E-state index contributed by atoms with van der Waals surface area (Å²) in [6.07, 6.45) is 8.78. The zero-order valence-corrected chi connectivity index (χ0v) is 15.4. The maximum absolute atomic E-state index is 12.3. The zero-order chi connectivity index (χ0) is 18.0. The summed E-state index contributed by atoms with van der Waals surface area (Å²) in [6, 6.07) is 0. The summed E-state index contributed by atoms with van der Waals surface area (Å²) in [6.45, 7) is 3.80. The van der Waals surface area contributed by atoms with E-state index >= 15 is 0 Å². The normalized spacial score (nSPS) is 49.0. The van der Waals surface area contributed by atoms with Gasteiger partial charge in [-0.15, -0.1) is 0 Å². The largest absolute Gasteiger partial charge is 0.388 e. The average molecular weight is 346 g/mol. The fourth-order valence-corrected chi connectivity index (χ4v) is 6.92. The van der Waals surface area contributed by atoms with Crippen LogP contribution in [0.1, 0.15) is 65.2 Å². The molecule has 138 valence electrons. The first-order valence-corrected chi connectivity index (χ1v) is 9.85. The van der Waals surface area contributed by atoms with Crippen molar-refractivity contribution in [2.45, 2.75) is 70.8 Å². The van der Waals surface area contributed by atoms with Crippen molar-refractivity contribution in [3.63, 3.8) is 0 Å². The van der Waals surface area contributed by atoms with Crippen LogP contribution in [0.5, 0.6) is 0 Å². The molecule has 4 rings (SSSR count). The van der Waals surface area contributed by atoms with Crippen molar-refractivity contribution < 1.29 is 19.8 Å². The minimum Gasteiger partial charge on any atom is -0.388 e. The second-order valence-corrected chi connectivity index (χ2v) is 9.41. The fraction of sp³-hybridized carbons (Fsp3) is 0.810. The third-order valence-electron chi connectivity index (χ3n) is 8.60. The van der Waals surface area contributed by atoms with Gasteiger partial charge in [-0.05, 0) is 61.7 Å². The van der Waals surface area contributed by atoms with Crippen LogP contribution in [0.2, 0.25) is 0 Å². The average Bonchev–Trinajstić information content (AvgIpc) is 2.87. The SMILES string of the molecule is C[C@]12CC=C3C(CCC4CC(=O)CC[C@]34C)C1CC[C@]2(O)C(=O)CO. The van der Waals surface area contributed by atoms with Crippen molar-refractivity contribution in [3.05, 3.63) is 11.6 Å². The van der Waals surface area contributed by atoms with E-state index < -0.39 is 23.4 Å². The van der Waals surface area contributed by atoms with Crippen LogP contribution in [0.25, 0.3) is 0 Å². The van der Waals surface area contributed by atoms with E-state index in [9.17, 15) is 19.8 Å². The summed E-state index contributed by atoms with van der Waals surface area (Å²) in [5.41, 5.74) is -0.261. The molecule has 4 aliphatic rings. The van der Waals surface area contributed by atoms with Gasteiger partial charge in [0.05, 0.1) is 0 Å². The molecule has 0 radical (unpaired) electrons. The molecule has 0 aromatic rings. The first-order valence-electron chi connectivity index (χ1n) is 9.85. The lowest BCUT2D eigenvalue weighted by Gasteiger charge is -2.56. The Hall–Kier alpha value is -1.00. The van der Waals surface area contributed by atoms with Crippen LogP contribution in [0.3, 0.4) is 0 Å². The standard InChI is InChI=1S/C21H30O4/c1-19-8-5-14(23)11-13(19)3-4-15-16(19)6-9-20(2)17(15)7-10-21(20,25)18(24)12-22/h6,13,15,17,22,25H,3-5,7-12H2,1-2H3/t13?,15?,17?,19-,20-,21-/m0/s1. The number of rotatable bonds is 2. The van der Waals surface area contributed by atoms with Gasteiger partial charge in [-0.3, -0.25) is 9.59 Å². The Labute approximate surface area is 149 Å². The van der Waals surface area contributed by atoms with Crippen molar-refractivity contribution in [2.24, 2.45) is 28.6 Å². The monoisotopic (exact) mass is 346 g/mol. The minimum absolute atomic E-state index is 0.111. The van der Waals surface area contributed by atoms with Crippen LogP contribution in [-0.4, -0.2) is 34.0 Å². The smallest absolute Gasteiger partial charge is 0.190 e. The van der Waals surface area contributed by atoms with Gasteiger partial charge in [-0.2, -0.15) is 0 Å². The molecule has 4 heteroatoms. The van der Waals surface area contributed by atoms with Crippen LogP contribution in [0, 0.1) is 28.6 Å². The molecule has 4 nitrogen and oxygen atoms in total. The van der Waals surface area contributed by atoms with E-state index in [2.05, 4.69) is 13.0 Å². The highest BCUT2D eigenvalue weighted by atomic mass is 16.3. The molecule has 0 aromatic carbocycles. The number of hydrogen-bond donors (Lipinski definition) is 2. The lowest BCUT2D eigenvalue weighted by molar-refractivity contribution is -0.156. The molecular weight excluding hydrogens is 316 g/mol. The summed E-state index contributed by atoms with van der Waals surface area (Å²) in [5.74, 6) is 1.15. The van der Waals surface area contributed by atoms with Crippen LogP contribution < -0.4 is 0 Å². The summed E-state index contributed by atoms with van der Waals surface area (Å²) in [7, 11) is 0. The molecule has 0 spiro atoms. The van der Waals surface area contributed by atoms with Gasteiger partial charge in [0.15, 0.2) is 5.78 Å². The highest BCUT2D eigenvalue weighted by Crippen LogP contribution is 2.66. The van der Waals surface area contributed by atoms with Gasteiger partial charge in [0, 0.05) is 18.3 Å². The first-order chi connectivity index (χ1) is 11.8. The van der Waals surface area contributed by atoms with E-state index in [4.69, 9.17) is 0 Å². The first kappa shape index (κ1) is 17.4. The second kappa shape index (κ2) is 5.50. The third-order valence-corrected chi connectivity index (χ3v) is 8.60. The van der Waals surface area contributed by atoms with E-state index in [-0.39, 0.29) is 5.41 Å².